The molecule has 1 aliphatic rings. The van der Waals surface area contributed by atoms with Gasteiger partial charge < -0.3 is 11.1 Å². The van der Waals surface area contributed by atoms with E-state index in [2.05, 4.69) is 21.2 Å². The van der Waals surface area contributed by atoms with Crippen LogP contribution in [0.2, 0.25) is 0 Å². The lowest BCUT2D eigenvalue weighted by atomic mass is 9.87. The Kier molecular flexibility index (Phi) is 3.91. The third-order valence-corrected chi connectivity index (χ3v) is 3.92. The van der Waals surface area contributed by atoms with Gasteiger partial charge in [-0.3, -0.25) is 9.69 Å². The summed E-state index contributed by atoms with van der Waals surface area (Å²) in [6, 6.07) is 7.03. The third-order valence-electron chi connectivity index (χ3n) is 3.40. The average molecular weight is 326 g/mol. The predicted molar refractivity (Wildman–Crippen MR) is 75.4 cm³/mol. The van der Waals surface area contributed by atoms with Gasteiger partial charge in [0.1, 0.15) is 5.54 Å². The van der Waals surface area contributed by atoms with E-state index in [-0.39, 0.29) is 25.0 Å². The smallest absolute Gasteiger partial charge is 0.325 e. The maximum Gasteiger partial charge on any atom is 0.325 e. The highest BCUT2D eigenvalue weighted by Gasteiger charge is 2.50. The second kappa shape index (κ2) is 5.30. The van der Waals surface area contributed by atoms with E-state index < -0.39 is 5.54 Å². The monoisotopic (exact) mass is 325 g/mol. The Bertz CT molecular complexity index is 503. The molecule has 0 aromatic heterocycles. The highest BCUT2D eigenvalue weighted by Crippen LogP contribution is 2.32. The van der Waals surface area contributed by atoms with Crippen molar-refractivity contribution in [2.45, 2.75) is 18.9 Å². The molecule has 1 heterocycles. The molecule has 0 radical (unpaired) electrons. The number of hydrogen-bond donors (Lipinski definition) is 2. The lowest BCUT2D eigenvalue weighted by Gasteiger charge is -2.25. The van der Waals surface area contributed by atoms with Crippen LogP contribution in [0.5, 0.6) is 0 Å². The van der Waals surface area contributed by atoms with Crippen molar-refractivity contribution < 1.29 is 9.59 Å². The van der Waals surface area contributed by atoms with Gasteiger partial charge in [0.25, 0.3) is 5.91 Å². The number of halogens is 1. The Labute approximate surface area is 120 Å². The lowest BCUT2D eigenvalue weighted by Crippen LogP contribution is -2.43. The van der Waals surface area contributed by atoms with Gasteiger partial charge in [0.15, 0.2) is 0 Å². The molecule has 0 spiro atoms. The van der Waals surface area contributed by atoms with Crippen LogP contribution in [0.15, 0.2) is 28.7 Å². The maximum atomic E-state index is 12.5. The van der Waals surface area contributed by atoms with Crippen LogP contribution in [0.25, 0.3) is 0 Å². The van der Waals surface area contributed by atoms with Crippen molar-refractivity contribution in [1.29, 1.82) is 0 Å². The van der Waals surface area contributed by atoms with Crippen molar-refractivity contribution in [1.82, 2.24) is 10.2 Å². The second-order valence-electron chi connectivity index (χ2n) is 4.44. The summed E-state index contributed by atoms with van der Waals surface area (Å²) in [4.78, 5) is 25.6. The number of carbonyl (C=O) groups is 2. The topological polar surface area (TPSA) is 75.4 Å². The highest BCUT2D eigenvalue weighted by atomic mass is 79.9. The number of imide groups is 1. The molecule has 1 saturated heterocycles. The summed E-state index contributed by atoms with van der Waals surface area (Å²) in [6.45, 7) is 2.38. The van der Waals surface area contributed by atoms with Gasteiger partial charge in [-0.05, 0) is 24.1 Å². The number of hydrogen-bond acceptors (Lipinski definition) is 3. The summed E-state index contributed by atoms with van der Waals surface area (Å²) < 4.78 is 0.929. The zero-order valence-electron chi connectivity index (χ0n) is 10.6. The number of benzene rings is 1. The standard InChI is InChI=1S/C13H16BrN3O2/c1-2-13(9-3-5-10(14)6-4-9)11(18)17(8-7-15)12(19)16-13/h3-6H,2,7-8,15H2,1H3,(H,16,19). The minimum atomic E-state index is -0.965. The van der Waals surface area contributed by atoms with Gasteiger partial charge in [-0.15, -0.1) is 0 Å². The molecular formula is C13H16BrN3O2. The first kappa shape index (κ1) is 14.0. The first-order valence-electron chi connectivity index (χ1n) is 6.15. The molecule has 1 unspecified atom stereocenters. The summed E-state index contributed by atoms with van der Waals surface area (Å²) >= 11 is 3.36. The lowest BCUT2D eigenvalue weighted by molar-refractivity contribution is -0.131. The molecule has 2 rings (SSSR count). The molecule has 1 aromatic rings. The number of urea groups is 1. The minimum Gasteiger partial charge on any atom is -0.329 e. The molecule has 0 aliphatic carbocycles. The third kappa shape index (κ3) is 2.26. The minimum absolute atomic E-state index is 0.229. The first-order chi connectivity index (χ1) is 9.05. The van der Waals surface area contributed by atoms with Gasteiger partial charge in [-0.2, -0.15) is 0 Å². The zero-order valence-corrected chi connectivity index (χ0v) is 12.2. The molecule has 3 N–H and O–H groups in total. The Morgan fingerprint density at radius 3 is 2.47 bits per heavy atom. The number of nitrogens with one attached hydrogen (secondary N) is 1. The number of nitrogens with zero attached hydrogens (tertiary/aromatic N) is 1. The fourth-order valence-corrected chi connectivity index (χ4v) is 2.60. The normalized spacial score (nSPS) is 22.8. The summed E-state index contributed by atoms with van der Waals surface area (Å²) in [7, 11) is 0. The fourth-order valence-electron chi connectivity index (χ4n) is 2.33. The van der Waals surface area contributed by atoms with E-state index in [1.165, 1.54) is 4.90 Å². The predicted octanol–water partition coefficient (Wildman–Crippen LogP) is 1.56. The van der Waals surface area contributed by atoms with E-state index in [1.54, 1.807) is 0 Å². The molecule has 5 nitrogen and oxygen atoms in total. The van der Waals surface area contributed by atoms with Crippen LogP contribution in [0.4, 0.5) is 4.79 Å². The summed E-state index contributed by atoms with van der Waals surface area (Å²) in [5.74, 6) is -0.229. The molecule has 19 heavy (non-hydrogen) atoms. The van der Waals surface area contributed by atoms with Crippen molar-refractivity contribution in [3.8, 4) is 0 Å². The first-order valence-corrected chi connectivity index (χ1v) is 6.94. The SMILES string of the molecule is CCC1(c2ccc(Br)cc2)NC(=O)N(CCN)C1=O. The van der Waals surface area contributed by atoms with Crippen LogP contribution in [0.3, 0.4) is 0 Å². The molecule has 1 aromatic carbocycles. The number of rotatable bonds is 4. The van der Waals surface area contributed by atoms with Crippen molar-refractivity contribution in [2.75, 3.05) is 13.1 Å². The van der Waals surface area contributed by atoms with Crippen molar-refractivity contribution in [3.05, 3.63) is 34.3 Å². The zero-order chi connectivity index (χ0) is 14.0. The molecule has 0 bridgehead atoms. The van der Waals surface area contributed by atoms with E-state index in [4.69, 9.17) is 5.73 Å². The summed E-state index contributed by atoms with van der Waals surface area (Å²) in [6.07, 6.45) is 0.500. The highest BCUT2D eigenvalue weighted by molar-refractivity contribution is 9.10. The van der Waals surface area contributed by atoms with E-state index in [9.17, 15) is 9.59 Å². The van der Waals surface area contributed by atoms with Crippen LogP contribution < -0.4 is 11.1 Å². The van der Waals surface area contributed by atoms with E-state index in [1.807, 2.05) is 31.2 Å². The molecule has 0 saturated carbocycles. The average Bonchev–Trinajstić information content (AvgIpc) is 2.65. The van der Waals surface area contributed by atoms with E-state index in [0.29, 0.717) is 6.42 Å². The molecule has 6 heteroatoms. The fraction of sp³-hybridized carbons (Fsp3) is 0.385. The molecule has 1 fully saturated rings. The summed E-state index contributed by atoms with van der Waals surface area (Å²) in [5, 5.41) is 2.80. The molecule has 3 amide bonds. The number of amides is 3. The largest absolute Gasteiger partial charge is 0.329 e. The Balaban J connectivity index is 2.41. The van der Waals surface area contributed by atoms with Gasteiger partial charge in [-0.25, -0.2) is 4.79 Å². The Morgan fingerprint density at radius 1 is 1.32 bits per heavy atom. The molecule has 1 atom stereocenters. The van der Waals surface area contributed by atoms with Crippen molar-refractivity contribution in [2.24, 2.45) is 5.73 Å². The van der Waals surface area contributed by atoms with Crippen LogP contribution in [0.1, 0.15) is 18.9 Å². The quantitative estimate of drug-likeness (QED) is 0.825. The maximum absolute atomic E-state index is 12.5. The number of nitrogens with two attached hydrogens (primary N) is 1. The Morgan fingerprint density at radius 2 is 1.95 bits per heavy atom. The van der Waals surface area contributed by atoms with E-state index in [0.717, 1.165) is 10.0 Å². The van der Waals surface area contributed by atoms with Crippen molar-refractivity contribution in [3.63, 3.8) is 0 Å². The van der Waals surface area contributed by atoms with Crippen LogP contribution in [0, 0.1) is 0 Å². The summed E-state index contributed by atoms with van der Waals surface area (Å²) in [5.41, 5.74) is 5.26. The van der Waals surface area contributed by atoms with Gasteiger partial charge in [0.05, 0.1) is 0 Å². The Hall–Kier alpha value is -1.40. The molecule has 1 aliphatic heterocycles. The van der Waals surface area contributed by atoms with Crippen LogP contribution >= 0.6 is 15.9 Å². The van der Waals surface area contributed by atoms with Gasteiger partial charge in [0.2, 0.25) is 0 Å². The van der Waals surface area contributed by atoms with Crippen molar-refractivity contribution >= 4 is 27.9 Å². The number of carbonyl (C=O) groups excluding carboxylic acids is 2. The van der Waals surface area contributed by atoms with Gasteiger partial charge in [-0.1, -0.05) is 35.0 Å². The van der Waals surface area contributed by atoms with Gasteiger partial charge >= 0.3 is 6.03 Å². The molecular weight excluding hydrogens is 310 g/mol. The van der Waals surface area contributed by atoms with Crippen LogP contribution in [-0.4, -0.2) is 29.9 Å². The van der Waals surface area contributed by atoms with Crippen LogP contribution in [-0.2, 0) is 10.3 Å². The molecule has 102 valence electrons. The van der Waals surface area contributed by atoms with E-state index >= 15 is 0 Å². The van der Waals surface area contributed by atoms with Gasteiger partial charge in [0, 0.05) is 17.6 Å². The second-order valence-corrected chi connectivity index (χ2v) is 5.36.